The first-order chi connectivity index (χ1) is 8.00. The minimum Gasteiger partial charge on any atom is -0.401 e. The Balaban J connectivity index is 2.66. The van der Waals surface area contributed by atoms with Crippen molar-refractivity contribution in [3.05, 3.63) is 39.6 Å². The number of anilines is 1. The molecule has 1 aromatic rings. The van der Waals surface area contributed by atoms with E-state index in [9.17, 15) is 14.9 Å². The van der Waals surface area contributed by atoms with E-state index in [0.29, 0.717) is 16.9 Å². The van der Waals surface area contributed by atoms with Crippen LogP contribution in [0.5, 0.6) is 0 Å². The van der Waals surface area contributed by atoms with E-state index in [2.05, 4.69) is 0 Å². The fourth-order valence-electron chi connectivity index (χ4n) is 1.86. The van der Waals surface area contributed by atoms with E-state index < -0.39 is 4.92 Å². The molecule has 0 atom stereocenters. The Bertz CT molecular complexity index is 537. The number of nitrogens with zero attached hydrogens (tertiary/aromatic N) is 2. The van der Waals surface area contributed by atoms with Crippen LogP contribution in [0.25, 0.3) is 6.08 Å². The molecule has 1 aromatic carbocycles. The van der Waals surface area contributed by atoms with Gasteiger partial charge in [0.05, 0.1) is 22.7 Å². The number of carbonyl (C=O) groups is 1. The van der Waals surface area contributed by atoms with E-state index in [-0.39, 0.29) is 18.1 Å². The lowest BCUT2D eigenvalue weighted by Gasteiger charge is -2.26. The fraction of sp³-hybridized carbons (Fsp3) is 0.182. The molecule has 0 saturated heterocycles. The molecule has 2 rings (SSSR count). The lowest BCUT2D eigenvalue weighted by molar-refractivity contribution is -0.385. The van der Waals surface area contributed by atoms with Crippen molar-refractivity contribution in [2.75, 3.05) is 11.4 Å². The number of nitro benzene ring substituents is 1. The van der Waals surface area contributed by atoms with Crippen molar-refractivity contribution < 1.29 is 9.72 Å². The number of fused-ring (bicyclic) bond motifs is 1. The molecule has 0 aromatic heterocycles. The van der Waals surface area contributed by atoms with Gasteiger partial charge in [-0.1, -0.05) is 6.07 Å². The summed E-state index contributed by atoms with van der Waals surface area (Å²) in [5.41, 5.74) is 6.99. The second-order valence-corrected chi connectivity index (χ2v) is 3.79. The van der Waals surface area contributed by atoms with Crippen LogP contribution in [0.2, 0.25) is 0 Å². The second-order valence-electron chi connectivity index (χ2n) is 3.79. The molecule has 0 radical (unpaired) electrons. The summed E-state index contributed by atoms with van der Waals surface area (Å²) in [7, 11) is 0. The third-order valence-electron chi connectivity index (χ3n) is 2.60. The second kappa shape index (κ2) is 3.89. The lowest BCUT2D eigenvalue weighted by atomic mass is 10.0. The molecule has 0 saturated carbocycles. The lowest BCUT2D eigenvalue weighted by Crippen LogP contribution is -2.35. The first-order valence-corrected chi connectivity index (χ1v) is 5.02. The Morgan fingerprint density at radius 3 is 2.82 bits per heavy atom. The van der Waals surface area contributed by atoms with Crippen LogP contribution in [0.3, 0.4) is 0 Å². The first-order valence-electron chi connectivity index (χ1n) is 5.02. The third kappa shape index (κ3) is 1.84. The van der Waals surface area contributed by atoms with Crippen LogP contribution >= 0.6 is 0 Å². The molecule has 0 spiro atoms. The fourth-order valence-corrected chi connectivity index (χ4v) is 1.86. The average Bonchev–Trinajstić information content (AvgIpc) is 2.26. The maximum absolute atomic E-state index is 11.5. The highest BCUT2D eigenvalue weighted by Crippen LogP contribution is 2.34. The number of hydrogen-bond acceptors (Lipinski definition) is 4. The summed E-state index contributed by atoms with van der Waals surface area (Å²) in [6.45, 7) is 1.67. The van der Waals surface area contributed by atoms with Crippen molar-refractivity contribution in [1.29, 1.82) is 0 Å². The van der Waals surface area contributed by atoms with Crippen LogP contribution < -0.4 is 10.6 Å². The monoisotopic (exact) mass is 233 g/mol. The Labute approximate surface area is 97.5 Å². The zero-order valence-electron chi connectivity index (χ0n) is 9.21. The van der Waals surface area contributed by atoms with E-state index in [1.165, 1.54) is 17.9 Å². The van der Waals surface area contributed by atoms with Crippen molar-refractivity contribution in [3.8, 4) is 0 Å². The molecule has 1 aliphatic rings. The molecule has 0 unspecified atom stereocenters. The van der Waals surface area contributed by atoms with Crippen molar-refractivity contribution >= 4 is 23.4 Å². The van der Waals surface area contributed by atoms with Gasteiger partial charge in [0.15, 0.2) is 0 Å². The first kappa shape index (κ1) is 11.1. The largest absolute Gasteiger partial charge is 0.401 e. The van der Waals surface area contributed by atoms with Crippen molar-refractivity contribution in [3.63, 3.8) is 0 Å². The predicted octanol–water partition coefficient (Wildman–Crippen LogP) is 1.26. The highest BCUT2D eigenvalue weighted by molar-refractivity contribution is 5.97. The molecule has 1 aliphatic heterocycles. The highest BCUT2D eigenvalue weighted by Gasteiger charge is 2.25. The Kier molecular flexibility index (Phi) is 2.55. The summed E-state index contributed by atoms with van der Waals surface area (Å²) in [6, 6.07) is 4.63. The smallest absolute Gasteiger partial charge is 0.278 e. The van der Waals surface area contributed by atoms with Crippen LogP contribution in [0, 0.1) is 10.1 Å². The SMILES string of the molecule is CC(=O)N1CC(N)=Cc2c1cccc2[N+](=O)[O-]. The van der Waals surface area contributed by atoms with Crippen molar-refractivity contribution in [2.45, 2.75) is 6.92 Å². The summed E-state index contributed by atoms with van der Waals surface area (Å²) in [6.07, 6.45) is 1.55. The number of rotatable bonds is 1. The minimum atomic E-state index is -0.480. The summed E-state index contributed by atoms with van der Waals surface area (Å²) >= 11 is 0. The number of hydrogen-bond donors (Lipinski definition) is 1. The van der Waals surface area contributed by atoms with Gasteiger partial charge in [0.2, 0.25) is 5.91 Å². The van der Waals surface area contributed by atoms with Gasteiger partial charge < -0.3 is 10.6 Å². The molecule has 17 heavy (non-hydrogen) atoms. The summed E-state index contributed by atoms with van der Waals surface area (Å²) < 4.78 is 0. The van der Waals surface area contributed by atoms with Crippen molar-refractivity contribution in [1.82, 2.24) is 0 Å². The molecular weight excluding hydrogens is 222 g/mol. The summed E-state index contributed by atoms with van der Waals surface area (Å²) in [5.74, 6) is -0.192. The Hall–Kier alpha value is -2.37. The quantitative estimate of drug-likeness (QED) is 0.584. The molecule has 88 valence electrons. The topological polar surface area (TPSA) is 89.5 Å². The molecule has 0 bridgehead atoms. The summed E-state index contributed by atoms with van der Waals surface area (Å²) in [4.78, 5) is 23.3. The Morgan fingerprint density at radius 1 is 1.53 bits per heavy atom. The normalized spacial score (nSPS) is 13.9. The van der Waals surface area contributed by atoms with E-state index in [0.717, 1.165) is 0 Å². The van der Waals surface area contributed by atoms with E-state index in [1.54, 1.807) is 18.2 Å². The van der Waals surface area contributed by atoms with Gasteiger partial charge in [-0.15, -0.1) is 0 Å². The predicted molar refractivity (Wildman–Crippen MR) is 63.3 cm³/mol. The van der Waals surface area contributed by atoms with Gasteiger partial charge in [0.25, 0.3) is 5.69 Å². The zero-order valence-corrected chi connectivity index (χ0v) is 9.21. The van der Waals surface area contributed by atoms with E-state index in [1.807, 2.05) is 0 Å². The number of amides is 1. The molecule has 1 heterocycles. The van der Waals surface area contributed by atoms with Gasteiger partial charge in [-0.05, 0) is 12.1 Å². The Morgan fingerprint density at radius 2 is 2.24 bits per heavy atom. The molecule has 0 fully saturated rings. The molecule has 0 aliphatic carbocycles. The number of nitro groups is 1. The van der Waals surface area contributed by atoms with Crippen LogP contribution in [0.1, 0.15) is 12.5 Å². The molecular formula is C11H11N3O3. The van der Waals surface area contributed by atoms with Crippen LogP contribution in [-0.2, 0) is 4.79 Å². The van der Waals surface area contributed by atoms with Gasteiger partial charge >= 0.3 is 0 Å². The van der Waals surface area contributed by atoms with Gasteiger partial charge in [0, 0.05) is 18.7 Å². The maximum atomic E-state index is 11.5. The number of nitrogens with two attached hydrogens (primary N) is 1. The van der Waals surface area contributed by atoms with Gasteiger partial charge in [-0.3, -0.25) is 14.9 Å². The summed E-state index contributed by atoms with van der Waals surface area (Å²) in [5, 5.41) is 10.9. The van der Waals surface area contributed by atoms with Crippen LogP contribution in [-0.4, -0.2) is 17.4 Å². The number of carbonyl (C=O) groups excluding carboxylic acids is 1. The van der Waals surface area contributed by atoms with Crippen LogP contribution in [0.4, 0.5) is 11.4 Å². The maximum Gasteiger partial charge on any atom is 0.278 e. The van der Waals surface area contributed by atoms with Gasteiger partial charge in [0.1, 0.15) is 0 Å². The molecule has 1 amide bonds. The third-order valence-corrected chi connectivity index (χ3v) is 2.60. The van der Waals surface area contributed by atoms with E-state index in [4.69, 9.17) is 5.73 Å². The molecule has 6 heteroatoms. The average molecular weight is 233 g/mol. The zero-order chi connectivity index (χ0) is 12.6. The highest BCUT2D eigenvalue weighted by atomic mass is 16.6. The standard InChI is InChI=1S/C11H11N3O3/c1-7(15)13-6-8(12)5-9-10(13)3-2-4-11(9)14(16)17/h2-5H,6,12H2,1H3. The van der Waals surface area contributed by atoms with E-state index >= 15 is 0 Å². The van der Waals surface area contributed by atoms with Gasteiger partial charge in [-0.2, -0.15) is 0 Å². The molecule has 2 N–H and O–H groups in total. The molecule has 6 nitrogen and oxygen atoms in total. The van der Waals surface area contributed by atoms with Gasteiger partial charge in [-0.25, -0.2) is 0 Å². The minimum absolute atomic E-state index is 0.0450. The number of benzene rings is 1. The van der Waals surface area contributed by atoms with Crippen molar-refractivity contribution in [2.24, 2.45) is 5.73 Å². The van der Waals surface area contributed by atoms with Crippen LogP contribution in [0.15, 0.2) is 23.9 Å².